The molecule has 5 atom stereocenters. The lowest BCUT2D eigenvalue weighted by Crippen LogP contribution is -2.30. The molecular formula is C68H132O17P2. The van der Waals surface area contributed by atoms with Gasteiger partial charge in [-0.3, -0.25) is 37.3 Å². The quantitative estimate of drug-likeness (QED) is 0.0222. The lowest BCUT2D eigenvalue weighted by atomic mass is 10.0. The van der Waals surface area contributed by atoms with E-state index in [0.29, 0.717) is 31.6 Å². The lowest BCUT2D eigenvalue weighted by Gasteiger charge is -2.21. The molecule has 0 heterocycles. The van der Waals surface area contributed by atoms with Crippen LogP contribution in [0.15, 0.2) is 0 Å². The molecule has 516 valence electrons. The maximum absolute atomic E-state index is 13.0. The Hall–Kier alpha value is -1.94. The Bertz CT molecular complexity index is 1700. The van der Waals surface area contributed by atoms with Crippen molar-refractivity contribution < 1.29 is 80.2 Å². The number of carbonyl (C=O) groups is 4. The molecular weight excluding hydrogens is 1150 g/mol. The molecule has 0 aromatic heterocycles. The van der Waals surface area contributed by atoms with Crippen molar-refractivity contribution in [3.05, 3.63) is 0 Å². The van der Waals surface area contributed by atoms with Crippen LogP contribution >= 0.6 is 15.6 Å². The first kappa shape index (κ1) is 85.1. The van der Waals surface area contributed by atoms with Crippen molar-refractivity contribution in [2.24, 2.45) is 11.8 Å². The van der Waals surface area contributed by atoms with E-state index >= 15 is 0 Å². The van der Waals surface area contributed by atoms with E-state index in [1.165, 1.54) is 161 Å². The van der Waals surface area contributed by atoms with Gasteiger partial charge in [0, 0.05) is 25.7 Å². The average Bonchev–Trinajstić information content (AvgIpc) is 3.67. The minimum absolute atomic E-state index is 0.104. The van der Waals surface area contributed by atoms with E-state index in [0.717, 1.165) is 95.8 Å². The fraction of sp³-hybridized carbons (Fsp3) is 0.941. The maximum Gasteiger partial charge on any atom is 0.472 e. The fourth-order valence-electron chi connectivity index (χ4n) is 10.2. The van der Waals surface area contributed by atoms with E-state index in [4.69, 9.17) is 37.0 Å². The van der Waals surface area contributed by atoms with E-state index < -0.39 is 97.5 Å². The number of hydrogen-bond acceptors (Lipinski definition) is 15. The van der Waals surface area contributed by atoms with Crippen molar-refractivity contribution in [1.29, 1.82) is 0 Å². The topological polar surface area (TPSA) is 237 Å². The monoisotopic (exact) mass is 1280 g/mol. The highest BCUT2D eigenvalue weighted by molar-refractivity contribution is 7.47. The number of aliphatic hydroxyl groups is 1. The van der Waals surface area contributed by atoms with Gasteiger partial charge in [-0.2, -0.15) is 0 Å². The van der Waals surface area contributed by atoms with Gasteiger partial charge < -0.3 is 33.8 Å². The van der Waals surface area contributed by atoms with Crippen LogP contribution in [0.1, 0.15) is 343 Å². The molecule has 87 heavy (non-hydrogen) atoms. The van der Waals surface area contributed by atoms with Gasteiger partial charge in [-0.25, -0.2) is 9.13 Å². The molecule has 0 aromatic carbocycles. The average molecular weight is 1280 g/mol. The number of phosphoric ester groups is 2. The standard InChI is InChI=1S/C68H132O17P2/c1-7-9-11-13-15-17-19-20-21-22-23-27-34-40-46-52-67(72)84-63(56-79-66(71)51-45-39-33-28-24-25-30-36-42-48-60(3)4)58-82-86(74,75)80-54-62(69)55-81-87(76,77)83-59-64(85-68(73)53-47-41-35-29-31-37-43-49-61(5)6)57-78-65(70)50-44-38-32-26-18-16-14-12-10-8-2/h60-64,69H,7-59H2,1-6H3,(H,74,75)(H,76,77)/t62-,63-,64-/m1/s1. The number of aliphatic hydroxyl groups excluding tert-OH is 1. The fourth-order valence-corrected chi connectivity index (χ4v) is 11.8. The summed E-state index contributed by atoms with van der Waals surface area (Å²) < 4.78 is 68.2. The summed E-state index contributed by atoms with van der Waals surface area (Å²) in [6, 6.07) is 0. The first-order valence-corrected chi connectivity index (χ1v) is 38.5. The molecule has 0 spiro atoms. The van der Waals surface area contributed by atoms with E-state index in [-0.39, 0.29) is 25.7 Å². The van der Waals surface area contributed by atoms with Crippen LogP contribution in [-0.4, -0.2) is 96.7 Å². The van der Waals surface area contributed by atoms with Crippen molar-refractivity contribution in [1.82, 2.24) is 0 Å². The smallest absolute Gasteiger partial charge is 0.462 e. The van der Waals surface area contributed by atoms with Crippen LogP contribution in [0.3, 0.4) is 0 Å². The van der Waals surface area contributed by atoms with Gasteiger partial charge in [0.05, 0.1) is 26.4 Å². The molecule has 0 aliphatic carbocycles. The zero-order valence-electron chi connectivity index (χ0n) is 56.3. The summed E-state index contributed by atoms with van der Waals surface area (Å²) in [6.07, 6.45) is 44.5. The Kier molecular flexibility index (Phi) is 59.0. The third-order valence-corrected chi connectivity index (χ3v) is 17.6. The largest absolute Gasteiger partial charge is 0.472 e. The van der Waals surface area contributed by atoms with Gasteiger partial charge in [0.2, 0.25) is 0 Å². The van der Waals surface area contributed by atoms with Crippen LogP contribution in [-0.2, 0) is 65.4 Å². The Labute approximate surface area is 530 Å². The Morgan fingerprint density at radius 2 is 0.529 bits per heavy atom. The number of hydrogen-bond donors (Lipinski definition) is 3. The number of rotatable bonds is 67. The normalized spacial score (nSPS) is 14.2. The highest BCUT2D eigenvalue weighted by Gasteiger charge is 2.30. The van der Waals surface area contributed by atoms with Crippen LogP contribution in [0.4, 0.5) is 0 Å². The van der Waals surface area contributed by atoms with Gasteiger partial charge >= 0.3 is 39.5 Å². The zero-order chi connectivity index (χ0) is 64.3. The highest BCUT2D eigenvalue weighted by Crippen LogP contribution is 2.45. The third-order valence-electron chi connectivity index (χ3n) is 15.7. The summed E-state index contributed by atoms with van der Waals surface area (Å²) in [5, 5.41) is 10.6. The number of unbranched alkanes of at least 4 members (excludes halogenated alkanes) is 37. The number of phosphoric acid groups is 2. The van der Waals surface area contributed by atoms with Crippen LogP contribution < -0.4 is 0 Å². The molecule has 0 fully saturated rings. The molecule has 0 aliphatic heterocycles. The zero-order valence-corrected chi connectivity index (χ0v) is 58.1. The van der Waals surface area contributed by atoms with Crippen LogP contribution in [0, 0.1) is 11.8 Å². The molecule has 0 aromatic rings. The summed E-state index contributed by atoms with van der Waals surface area (Å²) in [4.78, 5) is 72.4. The summed E-state index contributed by atoms with van der Waals surface area (Å²) >= 11 is 0. The van der Waals surface area contributed by atoms with Gasteiger partial charge in [-0.1, -0.05) is 292 Å². The second-order valence-electron chi connectivity index (χ2n) is 25.5. The predicted octanol–water partition coefficient (Wildman–Crippen LogP) is 19.2. The number of ether oxygens (including phenoxy) is 4. The van der Waals surface area contributed by atoms with Gasteiger partial charge in [0.25, 0.3) is 0 Å². The molecule has 19 heteroatoms. The predicted molar refractivity (Wildman–Crippen MR) is 349 cm³/mol. The summed E-state index contributed by atoms with van der Waals surface area (Å²) in [5.74, 6) is -0.689. The molecule has 0 bridgehead atoms. The summed E-state index contributed by atoms with van der Waals surface area (Å²) in [5.41, 5.74) is 0. The highest BCUT2D eigenvalue weighted by atomic mass is 31.2. The minimum Gasteiger partial charge on any atom is -0.462 e. The Morgan fingerprint density at radius 3 is 0.782 bits per heavy atom. The number of esters is 4. The molecule has 2 unspecified atom stereocenters. The lowest BCUT2D eigenvalue weighted by molar-refractivity contribution is -0.161. The van der Waals surface area contributed by atoms with Crippen LogP contribution in [0.5, 0.6) is 0 Å². The van der Waals surface area contributed by atoms with Gasteiger partial charge in [0.15, 0.2) is 12.2 Å². The van der Waals surface area contributed by atoms with Gasteiger partial charge in [0.1, 0.15) is 19.3 Å². The molecule has 17 nitrogen and oxygen atoms in total. The SMILES string of the molecule is CCCCCCCCCCCCCCCCCC(=O)O[C@H](COC(=O)CCCCCCCCCCCC(C)C)COP(=O)(O)OC[C@@H](O)COP(=O)(O)OC[C@@H](COC(=O)CCCCCCCCCCCC)OC(=O)CCCCCCCCCC(C)C. The van der Waals surface area contributed by atoms with Crippen molar-refractivity contribution in [3.63, 3.8) is 0 Å². The van der Waals surface area contributed by atoms with Crippen LogP contribution in [0.25, 0.3) is 0 Å². The van der Waals surface area contributed by atoms with Crippen molar-refractivity contribution >= 4 is 39.5 Å². The molecule has 0 aliphatic rings. The molecule has 0 radical (unpaired) electrons. The summed E-state index contributed by atoms with van der Waals surface area (Å²) in [7, 11) is -9.89. The molecule has 3 N–H and O–H groups in total. The van der Waals surface area contributed by atoms with Crippen LogP contribution in [0.2, 0.25) is 0 Å². The summed E-state index contributed by atoms with van der Waals surface area (Å²) in [6.45, 7) is 9.45. The molecule has 0 amide bonds. The Balaban J connectivity index is 5.24. The maximum atomic E-state index is 13.0. The van der Waals surface area contributed by atoms with E-state index in [1.54, 1.807) is 0 Å². The van der Waals surface area contributed by atoms with Gasteiger partial charge in [-0.15, -0.1) is 0 Å². The van der Waals surface area contributed by atoms with E-state index in [9.17, 15) is 43.2 Å². The first-order valence-electron chi connectivity index (χ1n) is 35.5. The molecule has 0 rings (SSSR count). The molecule has 0 saturated heterocycles. The van der Waals surface area contributed by atoms with Crippen molar-refractivity contribution in [2.45, 2.75) is 362 Å². The van der Waals surface area contributed by atoms with E-state index in [1.807, 2.05) is 0 Å². The second-order valence-corrected chi connectivity index (χ2v) is 28.4. The van der Waals surface area contributed by atoms with E-state index in [2.05, 4.69) is 41.5 Å². The number of carbonyl (C=O) groups excluding carboxylic acids is 4. The van der Waals surface area contributed by atoms with Crippen molar-refractivity contribution in [2.75, 3.05) is 39.6 Å². The molecule has 0 saturated carbocycles. The second kappa shape index (κ2) is 60.3. The van der Waals surface area contributed by atoms with Crippen molar-refractivity contribution in [3.8, 4) is 0 Å². The first-order chi connectivity index (χ1) is 41.9. The third kappa shape index (κ3) is 62.6. The minimum atomic E-state index is -4.95. The Morgan fingerprint density at radius 1 is 0.310 bits per heavy atom. The van der Waals surface area contributed by atoms with Gasteiger partial charge in [-0.05, 0) is 37.5 Å².